The number of methoxy groups -OCH3 is 1. The average molecular weight is 278 g/mol. The summed E-state index contributed by atoms with van der Waals surface area (Å²) in [5, 5.41) is 3.38. The van der Waals surface area contributed by atoms with Gasteiger partial charge in [-0.15, -0.1) is 0 Å². The molecular weight excluding hydrogens is 252 g/mol. The quantitative estimate of drug-likeness (QED) is 0.668. The fourth-order valence-electron chi connectivity index (χ4n) is 2.19. The summed E-state index contributed by atoms with van der Waals surface area (Å²) in [6, 6.07) is 0.376. The van der Waals surface area contributed by atoms with Gasteiger partial charge in [-0.2, -0.15) is 0 Å². The van der Waals surface area contributed by atoms with E-state index in [-0.39, 0.29) is 5.75 Å². The molecule has 1 rings (SSSR count). The lowest BCUT2D eigenvalue weighted by molar-refractivity contribution is 0.189. The highest BCUT2D eigenvalue weighted by Gasteiger charge is 2.20. The van der Waals surface area contributed by atoms with Crippen molar-refractivity contribution in [3.63, 3.8) is 0 Å². The molecule has 18 heavy (non-hydrogen) atoms. The highest BCUT2D eigenvalue weighted by molar-refractivity contribution is 7.89. The molecule has 1 saturated heterocycles. The Bertz CT molecular complexity index is 313. The Morgan fingerprint density at radius 2 is 2.17 bits per heavy atom. The van der Waals surface area contributed by atoms with Crippen LogP contribution < -0.4 is 5.32 Å². The molecule has 1 heterocycles. The molecule has 1 fully saturated rings. The second kappa shape index (κ2) is 8.09. The van der Waals surface area contributed by atoms with Gasteiger partial charge < -0.3 is 10.1 Å². The summed E-state index contributed by atoms with van der Waals surface area (Å²) in [7, 11) is 0.178. The van der Waals surface area contributed by atoms with E-state index in [0.29, 0.717) is 19.2 Å². The zero-order chi connectivity index (χ0) is 13.4. The third kappa shape index (κ3) is 5.65. The largest absolute Gasteiger partial charge is 0.385 e. The van der Waals surface area contributed by atoms with Crippen LogP contribution in [0.5, 0.6) is 0 Å². The summed E-state index contributed by atoms with van der Waals surface area (Å²) in [6.45, 7) is 2.16. The molecule has 1 aliphatic rings. The smallest absolute Gasteiger partial charge is 0.213 e. The van der Waals surface area contributed by atoms with Gasteiger partial charge in [0.25, 0.3) is 0 Å². The van der Waals surface area contributed by atoms with Gasteiger partial charge in [-0.1, -0.05) is 6.42 Å². The van der Waals surface area contributed by atoms with Crippen molar-refractivity contribution in [2.24, 2.45) is 0 Å². The van der Waals surface area contributed by atoms with E-state index in [9.17, 15) is 8.42 Å². The van der Waals surface area contributed by atoms with Crippen molar-refractivity contribution in [3.8, 4) is 0 Å². The van der Waals surface area contributed by atoms with Crippen molar-refractivity contribution in [2.45, 2.75) is 38.1 Å². The second-order valence-electron chi connectivity index (χ2n) is 4.92. The Balaban J connectivity index is 2.28. The minimum Gasteiger partial charge on any atom is -0.385 e. The lowest BCUT2D eigenvalue weighted by Gasteiger charge is -2.24. The van der Waals surface area contributed by atoms with E-state index in [1.807, 2.05) is 0 Å². The highest BCUT2D eigenvalue weighted by Crippen LogP contribution is 2.12. The van der Waals surface area contributed by atoms with Crippen molar-refractivity contribution in [1.82, 2.24) is 9.62 Å². The molecule has 1 atom stereocenters. The van der Waals surface area contributed by atoms with Gasteiger partial charge in [0, 0.05) is 33.4 Å². The third-order valence-electron chi connectivity index (χ3n) is 3.43. The maximum absolute atomic E-state index is 12.0. The highest BCUT2D eigenvalue weighted by atomic mass is 32.2. The SMILES string of the molecule is COCCCN(C)S(=O)(=O)CCC1CCCCN1. The van der Waals surface area contributed by atoms with Gasteiger partial charge in [0.05, 0.1) is 5.75 Å². The molecule has 0 amide bonds. The molecule has 0 aromatic heterocycles. The van der Waals surface area contributed by atoms with Crippen molar-refractivity contribution < 1.29 is 13.2 Å². The number of sulfonamides is 1. The van der Waals surface area contributed by atoms with Gasteiger partial charge in [0.2, 0.25) is 10.0 Å². The van der Waals surface area contributed by atoms with Crippen LogP contribution >= 0.6 is 0 Å². The van der Waals surface area contributed by atoms with E-state index in [1.165, 1.54) is 17.1 Å². The van der Waals surface area contributed by atoms with Gasteiger partial charge in [0.15, 0.2) is 0 Å². The molecule has 1 N–H and O–H groups in total. The van der Waals surface area contributed by atoms with Crippen LogP contribution in [0.15, 0.2) is 0 Å². The molecule has 0 radical (unpaired) electrons. The van der Waals surface area contributed by atoms with Gasteiger partial charge in [-0.3, -0.25) is 0 Å². The predicted molar refractivity (Wildman–Crippen MR) is 73.2 cm³/mol. The van der Waals surface area contributed by atoms with Gasteiger partial charge in [-0.25, -0.2) is 12.7 Å². The summed E-state index contributed by atoms with van der Waals surface area (Å²) in [4.78, 5) is 0. The fourth-order valence-corrected chi connectivity index (χ4v) is 3.49. The average Bonchev–Trinajstić information content (AvgIpc) is 2.38. The van der Waals surface area contributed by atoms with Gasteiger partial charge >= 0.3 is 0 Å². The molecule has 1 aliphatic heterocycles. The summed E-state index contributed by atoms with van der Waals surface area (Å²) < 4.78 is 30.4. The number of piperidine rings is 1. The van der Waals surface area contributed by atoms with Crippen molar-refractivity contribution in [1.29, 1.82) is 0 Å². The molecule has 1 unspecified atom stereocenters. The van der Waals surface area contributed by atoms with Crippen LogP contribution in [0.2, 0.25) is 0 Å². The molecule has 0 spiro atoms. The second-order valence-corrected chi connectivity index (χ2v) is 7.11. The van der Waals surface area contributed by atoms with Gasteiger partial charge in [0.1, 0.15) is 0 Å². The molecular formula is C12H26N2O3S. The van der Waals surface area contributed by atoms with Crippen LogP contribution in [0.25, 0.3) is 0 Å². The Labute approximate surface area is 111 Å². The Morgan fingerprint density at radius 1 is 1.39 bits per heavy atom. The maximum atomic E-state index is 12.0. The first kappa shape index (κ1) is 15.9. The lowest BCUT2D eigenvalue weighted by atomic mass is 10.0. The Kier molecular flexibility index (Phi) is 7.14. The monoisotopic (exact) mass is 278 g/mol. The normalized spacial score (nSPS) is 21.4. The van der Waals surface area contributed by atoms with Crippen LogP contribution in [0.1, 0.15) is 32.1 Å². The van der Waals surface area contributed by atoms with Crippen LogP contribution in [-0.2, 0) is 14.8 Å². The van der Waals surface area contributed by atoms with E-state index in [1.54, 1.807) is 14.2 Å². The van der Waals surface area contributed by atoms with Crippen molar-refractivity contribution >= 4 is 10.0 Å². The van der Waals surface area contributed by atoms with Crippen LogP contribution in [0.3, 0.4) is 0 Å². The van der Waals surface area contributed by atoms with Crippen molar-refractivity contribution in [2.75, 3.05) is 39.6 Å². The molecule has 0 aromatic carbocycles. The number of ether oxygens (including phenoxy) is 1. The molecule has 6 heteroatoms. The topological polar surface area (TPSA) is 58.6 Å². The molecule has 0 bridgehead atoms. The first-order valence-electron chi connectivity index (χ1n) is 6.72. The molecule has 0 aliphatic carbocycles. The zero-order valence-electron chi connectivity index (χ0n) is 11.5. The Hall–Kier alpha value is -0.170. The molecule has 0 saturated carbocycles. The van der Waals surface area contributed by atoms with Gasteiger partial charge in [-0.05, 0) is 32.2 Å². The number of rotatable bonds is 8. The number of hydrogen-bond donors (Lipinski definition) is 1. The minimum atomic E-state index is -3.10. The summed E-state index contributed by atoms with van der Waals surface area (Å²) in [6.07, 6.45) is 4.98. The predicted octanol–water partition coefficient (Wildman–Crippen LogP) is 0.817. The molecule has 5 nitrogen and oxygen atoms in total. The lowest BCUT2D eigenvalue weighted by Crippen LogP contribution is -2.38. The number of nitrogens with zero attached hydrogens (tertiary/aromatic N) is 1. The van der Waals surface area contributed by atoms with E-state index < -0.39 is 10.0 Å². The summed E-state index contributed by atoms with van der Waals surface area (Å²) >= 11 is 0. The molecule has 108 valence electrons. The first-order valence-corrected chi connectivity index (χ1v) is 8.33. The Morgan fingerprint density at radius 3 is 2.78 bits per heavy atom. The minimum absolute atomic E-state index is 0.244. The number of nitrogens with one attached hydrogen (secondary N) is 1. The van der Waals surface area contributed by atoms with E-state index in [4.69, 9.17) is 4.74 Å². The van der Waals surface area contributed by atoms with Crippen molar-refractivity contribution in [3.05, 3.63) is 0 Å². The standard InChI is InChI=1S/C12H26N2O3S/c1-14(9-5-10-17-2)18(15,16)11-7-12-6-3-4-8-13-12/h12-13H,3-11H2,1-2H3. The molecule has 0 aromatic rings. The summed E-state index contributed by atoms with van der Waals surface area (Å²) in [5.74, 6) is 0.244. The van der Waals surface area contributed by atoms with E-state index in [2.05, 4.69) is 5.32 Å². The maximum Gasteiger partial charge on any atom is 0.213 e. The van der Waals surface area contributed by atoms with Crippen LogP contribution in [-0.4, -0.2) is 58.4 Å². The van der Waals surface area contributed by atoms with Crippen LogP contribution in [0.4, 0.5) is 0 Å². The van der Waals surface area contributed by atoms with E-state index >= 15 is 0 Å². The number of hydrogen-bond acceptors (Lipinski definition) is 4. The van der Waals surface area contributed by atoms with E-state index in [0.717, 1.165) is 25.8 Å². The third-order valence-corrected chi connectivity index (χ3v) is 5.32. The zero-order valence-corrected chi connectivity index (χ0v) is 12.3. The summed E-state index contributed by atoms with van der Waals surface area (Å²) in [5.41, 5.74) is 0. The fraction of sp³-hybridized carbons (Fsp3) is 1.00. The first-order chi connectivity index (χ1) is 8.56. The van der Waals surface area contributed by atoms with Crippen LogP contribution in [0, 0.1) is 0 Å².